The van der Waals surface area contributed by atoms with Crippen LogP contribution in [0, 0.1) is 0 Å². The number of sulfone groups is 1. The van der Waals surface area contributed by atoms with Crippen molar-refractivity contribution < 1.29 is 8.42 Å². The second kappa shape index (κ2) is 5.02. The van der Waals surface area contributed by atoms with Gasteiger partial charge in [0, 0.05) is 17.7 Å². The minimum atomic E-state index is -2.93. The highest BCUT2D eigenvalue weighted by atomic mass is 32.2. The monoisotopic (exact) mass is 267 g/mol. The van der Waals surface area contributed by atoms with E-state index in [4.69, 9.17) is 5.73 Å². The van der Waals surface area contributed by atoms with Crippen molar-refractivity contribution in [1.82, 2.24) is 0 Å². The molecule has 1 fully saturated rings. The Kier molecular flexibility index (Phi) is 3.78. The van der Waals surface area contributed by atoms with Gasteiger partial charge >= 0.3 is 0 Å². The fourth-order valence-electron chi connectivity index (χ4n) is 2.82. The molecule has 0 saturated heterocycles. The summed E-state index contributed by atoms with van der Waals surface area (Å²) in [5, 5.41) is 0. The van der Waals surface area contributed by atoms with Gasteiger partial charge in [-0.25, -0.2) is 8.42 Å². The summed E-state index contributed by atoms with van der Waals surface area (Å²) in [5.41, 5.74) is 7.56. The van der Waals surface area contributed by atoms with Crippen LogP contribution in [0.4, 0.5) is 0 Å². The largest absolute Gasteiger partial charge is 0.327 e. The molecule has 1 aliphatic rings. The van der Waals surface area contributed by atoms with E-state index in [1.165, 1.54) is 18.2 Å². The minimum Gasteiger partial charge on any atom is -0.327 e. The van der Waals surface area contributed by atoms with Gasteiger partial charge in [-0.2, -0.15) is 0 Å². The van der Waals surface area contributed by atoms with E-state index in [9.17, 15) is 8.42 Å². The van der Waals surface area contributed by atoms with Crippen LogP contribution in [0.25, 0.3) is 0 Å². The van der Waals surface area contributed by atoms with Crippen LogP contribution in [0.1, 0.15) is 31.2 Å². The fraction of sp³-hybridized carbons (Fsp3) is 0.571. The van der Waals surface area contributed by atoms with Crippen molar-refractivity contribution in [2.75, 3.05) is 12.0 Å². The van der Waals surface area contributed by atoms with E-state index < -0.39 is 9.84 Å². The molecule has 1 saturated carbocycles. The Morgan fingerprint density at radius 1 is 1.28 bits per heavy atom. The van der Waals surface area contributed by atoms with E-state index in [0.717, 1.165) is 12.8 Å². The van der Waals surface area contributed by atoms with Crippen molar-refractivity contribution in [1.29, 1.82) is 0 Å². The van der Waals surface area contributed by atoms with Crippen LogP contribution in [0.5, 0.6) is 0 Å². The van der Waals surface area contributed by atoms with Gasteiger partial charge in [0.05, 0.1) is 5.75 Å². The Labute approximate surface area is 109 Å². The van der Waals surface area contributed by atoms with Crippen LogP contribution in [-0.4, -0.2) is 26.5 Å². The lowest BCUT2D eigenvalue weighted by molar-refractivity contribution is 0.192. The minimum absolute atomic E-state index is 0.00590. The summed E-state index contributed by atoms with van der Waals surface area (Å²) in [5.74, 6) is 0.183. The van der Waals surface area contributed by atoms with Gasteiger partial charge in [-0.15, -0.1) is 0 Å². The summed E-state index contributed by atoms with van der Waals surface area (Å²) in [6, 6.07) is 10.2. The lowest BCUT2D eigenvalue weighted by atomic mass is 9.60. The summed E-state index contributed by atoms with van der Waals surface area (Å²) < 4.78 is 22.5. The van der Waals surface area contributed by atoms with Crippen molar-refractivity contribution >= 4 is 9.84 Å². The molecule has 0 spiro atoms. The second-order valence-electron chi connectivity index (χ2n) is 5.40. The first-order valence-corrected chi connectivity index (χ1v) is 8.49. The van der Waals surface area contributed by atoms with E-state index in [0.29, 0.717) is 6.42 Å². The quantitative estimate of drug-likeness (QED) is 0.886. The summed E-state index contributed by atoms with van der Waals surface area (Å²) >= 11 is 0. The van der Waals surface area contributed by atoms with E-state index >= 15 is 0 Å². The SMILES string of the molecule is CS(=O)(=O)CCC(N)C1(c2ccccc2)CCC1. The fourth-order valence-corrected chi connectivity index (χ4v) is 3.50. The highest BCUT2D eigenvalue weighted by molar-refractivity contribution is 7.90. The first-order valence-electron chi connectivity index (χ1n) is 6.43. The first kappa shape index (κ1) is 13.6. The molecule has 3 nitrogen and oxygen atoms in total. The van der Waals surface area contributed by atoms with Crippen LogP contribution in [0.15, 0.2) is 30.3 Å². The molecule has 0 bridgehead atoms. The number of hydrogen-bond donors (Lipinski definition) is 1. The molecule has 1 aliphatic carbocycles. The van der Waals surface area contributed by atoms with Gasteiger partial charge < -0.3 is 5.73 Å². The smallest absolute Gasteiger partial charge is 0.147 e. The van der Waals surface area contributed by atoms with Crippen LogP contribution in [0.2, 0.25) is 0 Å². The molecule has 0 amide bonds. The number of benzene rings is 1. The Morgan fingerprint density at radius 3 is 2.33 bits per heavy atom. The standard InChI is InChI=1S/C14H21NO2S/c1-18(16,17)11-8-13(15)14(9-5-10-14)12-6-3-2-4-7-12/h2-4,6-7,13H,5,8-11,15H2,1H3. The Morgan fingerprint density at radius 2 is 1.89 bits per heavy atom. The molecule has 1 atom stereocenters. The number of hydrogen-bond acceptors (Lipinski definition) is 3. The zero-order valence-corrected chi connectivity index (χ0v) is 11.6. The summed E-state index contributed by atoms with van der Waals surface area (Å²) in [7, 11) is -2.93. The van der Waals surface area contributed by atoms with Crippen molar-refractivity contribution in [3.05, 3.63) is 35.9 Å². The summed E-state index contributed by atoms with van der Waals surface area (Å²) in [6.07, 6.45) is 5.15. The zero-order valence-electron chi connectivity index (χ0n) is 10.8. The van der Waals surface area contributed by atoms with Gasteiger partial charge in [0.2, 0.25) is 0 Å². The highest BCUT2D eigenvalue weighted by Crippen LogP contribution is 2.46. The average molecular weight is 267 g/mol. The molecule has 0 radical (unpaired) electrons. The Balaban J connectivity index is 2.13. The van der Waals surface area contributed by atoms with Crippen LogP contribution in [-0.2, 0) is 15.3 Å². The summed E-state index contributed by atoms with van der Waals surface area (Å²) in [6.45, 7) is 0. The maximum atomic E-state index is 11.2. The molecular weight excluding hydrogens is 246 g/mol. The maximum absolute atomic E-state index is 11.2. The molecule has 4 heteroatoms. The van der Waals surface area contributed by atoms with E-state index in [1.54, 1.807) is 0 Å². The molecule has 0 heterocycles. The Bertz CT molecular complexity index is 492. The predicted molar refractivity (Wildman–Crippen MR) is 74.3 cm³/mol. The molecule has 18 heavy (non-hydrogen) atoms. The van der Waals surface area contributed by atoms with Crippen LogP contribution in [0.3, 0.4) is 0 Å². The maximum Gasteiger partial charge on any atom is 0.147 e. The van der Waals surface area contributed by atoms with Gasteiger partial charge in [-0.1, -0.05) is 36.8 Å². The van der Waals surface area contributed by atoms with E-state index in [2.05, 4.69) is 12.1 Å². The second-order valence-corrected chi connectivity index (χ2v) is 7.66. The lowest BCUT2D eigenvalue weighted by Crippen LogP contribution is -2.51. The summed E-state index contributed by atoms with van der Waals surface area (Å²) in [4.78, 5) is 0. The zero-order chi connectivity index (χ0) is 13.2. The van der Waals surface area contributed by atoms with Crippen molar-refractivity contribution in [2.24, 2.45) is 5.73 Å². The predicted octanol–water partition coefficient (Wildman–Crippen LogP) is 1.87. The van der Waals surface area contributed by atoms with E-state index in [1.807, 2.05) is 18.2 Å². The Hall–Kier alpha value is -0.870. The third-order valence-corrected chi connectivity index (χ3v) is 5.08. The number of nitrogens with two attached hydrogens (primary N) is 1. The van der Waals surface area contributed by atoms with Crippen LogP contribution >= 0.6 is 0 Å². The topological polar surface area (TPSA) is 60.2 Å². The number of rotatable bonds is 5. The van der Waals surface area contributed by atoms with Gasteiger partial charge in [-0.3, -0.25) is 0 Å². The van der Waals surface area contributed by atoms with Crippen LogP contribution < -0.4 is 5.73 Å². The average Bonchev–Trinajstić information content (AvgIpc) is 2.25. The van der Waals surface area contributed by atoms with Crippen molar-refractivity contribution in [3.63, 3.8) is 0 Å². The highest BCUT2D eigenvalue weighted by Gasteiger charge is 2.43. The van der Waals surface area contributed by atoms with Gasteiger partial charge in [0.25, 0.3) is 0 Å². The lowest BCUT2D eigenvalue weighted by Gasteiger charge is -2.47. The third kappa shape index (κ3) is 2.75. The third-order valence-electron chi connectivity index (χ3n) is 4.10. The normalized spacial score (nSPS) is 20.1. The van der Waals surface area contributed by atoms with Crippen molar-refractivity contribution in [2.45, 2.75) is 37.1 Å². The van der Waals surface area contributed by atoms with Gasteiger partial charge in [0.15, 0.2) is 0 Å². The molecule has 1 unspecified atom stereocenters. The molecular formula is C14H21NO2S. The molecule has 100 valence electrons. The van der Waals surface area contributed by atoms with Gasteiger partial charge in [-0.05, 0) is 24.8 Å². The first-order chi connectivity index (χ1) is 8.44. The van der Waals surface area contributed by atoms with E-state index in [-0.39, 0.29) is 17.2 Å². The molecule has 0 aliphatic heterocycles. The molecule has 2 N–H and O–H groups in total. The van der Waals surface area contributed by atoms with Crippen molar-refractivity contribution in [3.8, 4) is 0 Å². The van der Waals surface area contributed by atoms with Gasteiger partial charge in [0.1, 0.15) is 9.84 Å². The molecule has 2 rings (SSSR count). The molecule has 0 aromatic heterocycles. The molecule has 1 aromatic carbocycles. The molecule has 1 aromatic rings.